The van der Waals surface area contributed by atoms with Gasteiger partial charge in [-0.1, -0.05) is 11.6 Å². The molecule has 2 fully saturated rings. The minimum absolute atomic E-state index is 0.128. The number of hydrogen-bond acceptors (Lipinski definition) is 6. The number of nitrogens with zero attached hydrogens (tertiary/aromatic N) is 4. The fourth-order valence-electron chi connectivity index (χ4n) is 4.79. The van der Waals surface area contributed by atoms with E-state index in [9.17, 15) is 15.2 Å². The first kappa shape index (κ1) is 21.9. The Bertz CT molecular complexity index is 1170. The first-order valence-electron chi connectivity index (χ1n) is 11.2. The van der Waals surface area contributed by atoms with Crippen LogP contribution in [0, 0.1) is 5.21 Å². The van der Waals surface area contributed by atoms with Crippen molar-refractivity contribution in [1.29, 1.82) is 0 Å². The van der Waals surface area contributed by atoms with Crippen LogP contribution in [-0.4, -0.2) is 60.3 Å². The van der Waals surface area contributed by atoms with Crippen molar-refractivity contribution < 1.29 is 15.2 Å². The molecule has 2 aliphatic heterocycles. The molecular weight excluding hydrogens is 442 g/mol. The Morgan fingerprint density at radius 1 is 0.939 bits per heavy atom. The lowest BCUT2D eigenvalue weighted by Crippen LogP contribution is -2.99. The number of carbonyl (C=O) groups excluding carboxylic acids is 1. The summed E-state index contributed by atoms with van der Waals surface area (Å²) in [5.74, 6) is -0.128. The van der Waals surface area contributed by atoms with Crippen molar-refractivity contribution in [2.75, 3.05) is 49.1 Å². The highest BCUT2D eigenvalue weighted by atomic mass is 35.5. The molecular formula is C24H26ClN5O3. The van der Waals surface area contributed by atoms with Crippen LogP contribution in [0.1, 0.15) is 23.2 Å². The average Bonchev–Trinajstić information content (AvgIpc) is 3.37. The second-order valence-corrected chi connectivity index (χ2v) is 8.94. The summed E-state index contributed by atoms with van der Waals surface area (Å²) in [7, 11) is 0. The molecule has 33 heavy (non-hydrogen) atoms. The maximum atomic E-state index is 13.2. The van der Waals surface area contributed by atoms with Gasteiger partial charge in [-0.15, -0.1) is 0 Å². The van der Waals surface area contributed by atoms with E-state index in [1.807, 2.05) is 24.3 Å². The van der Waals surface area contributed by atoms with E-state index in [-0.39, 0.29) is 11.6 Å². The summed E-state index contributed by atoms with van der Waals surface area (Å²) in [5, 5.41) is 22.3. The third kappa shape index (κ3) is 4.35. The lowest BCUT2D eigenvalue weighted by atomic mass is 10.1. The number of anilines is 2. The zero-order chi connectivity index (χ0) is 22.9. The standard InChI is InChI=1S/C24H26ClN5O3/c25-18-4-5-19-20(16-18)26-8-7-21(19)28-11-13-29(14-12-28)24(31)17-3-6-22(23(15-17)30(32)33)27-9-1-2-10-27/h3-8,15-16,30,32H,1-2,9-14H2. The number of halogens is 1. The molecule has 1 aromatic heterocycles. The summed E-state index contributed by atoms with van der Waals surface area (Å²) < 4.78 is 0. The predicted molar refractivity (Wildman–Crippen MR) is 129 cm³/mol. The van der Waals surface area contributed by atoms with Crippen LogP contribution < -0.4 is 15.0 Å². The van der Waals surface area contributed by atoms with E-state index in [0.717, 1.165) is 42.5 Å². The Hall–Kier alpha value is -2.91. The molecule has 2 aromatic carbocycles. The molecule has 1 atom stereocenters. The van der Waals surface area contributed by atoms with Crippen molar-refractivity contribution in [3.05, 3.63) is 64.5 Å². The number of aromatic nitrogens is 1. The molecule has 8 nitrogen and oxygen atoms in total. The molecule has 0 saturated carbocycles. The summed E-state index contributed by atoms with van der Waals surface area (Å²) in [5.41, 5.74) is 3.24. The number of rotatable bonds is 4. The number of hydrogen-bond donors (Lipinski definition) is 2. The smallest absolute Gasteiger partial charge is 0.254 e. The van der Waals surface area contributed by atoms with Crippen LogP contribution in [0.2, 0.25) is 5.02 Å². The first-order valence-corrected chi connectivity index (χ1v) is 11.6. The maximum Gasteiger partial charge on any atom is 0.254 e. The van der Waals surface area contributed by atoms with E-state index in [1.165, 1.54) is 6.07 Å². The number of quaternary nitrogens is 1. The van der Waals surface area contributed by atoms with Crippen molar-refractivity contribution in [2.24, 2.45) is 0 Å². The molecule has 172 valence electrons. The Labute approximate surface area is 197 Å². The monoisotopic (exact) mass is 467 g/mol. The third-order valence-corrected chi connectivity index (χ3v) is 6.75. The van der Waals surface area contributed by atoms with E-state index in [2.05, 4.69) is 14.8 Å². The average molecular weight is 468 g/mol. The molecule has 2 saturated heterocycles. The van der Waals surface area contributed by atoms with Gasteiger partial charge < -0.3 is 19.9 Å². The van der Waals surface area contributed by atoms with Crippen LogP contribution in [0.4, 0.5) is 17.1 Å². The molecule has 1 amide bonds. The van der Waals surface area contributed by atoms with Crippen molar-refractivity contribution in [1.82, 2.24) is 9.88 Å². The fraction of sp³-hybridized carbons (Fsp3) is 0.333. The minimum Gasteiger partial charge on any atom is -0.595 e. The Balaban J connectivity index is 1.31. The van der Waals surface area contributed by atoms with E-state index < -0.39 is 5.23 Å². The second kappa shape index (κ2) is 9.15. The summed E-state index contributed by atoms with van der Waals surface area (Å²) in [6.45, 7) is 4.20. The van der Waals surface area contributed by atoms with Crippen LogP contribution in [0.15, 0.2) is 48.7 Å². The highest BCUT2D eigenvalue weighted by Crippen LogP contribution is 2.30. The van der Waals surface area contributed by atoms with Gasteiger partial charge in [0.05, 0.1) is 5.52 Å². The Kier molecular flexibility index (Phi) is 6.07. The van der Waals surface area contributed by atoms with Gasteiger partial charge in [0, 0.05) is 73.2 Å². The van der Waals surface area contributed by atoms with Crippen molar-refractivity contribution in [3.8, 4) is 0 Å². The van der Waals surface area contributed by atoms with Gasteiger partial charge in [-0.25, -0.2) is 5.21 Å². The highest BCUT2D eigenvalue weighted by Gasteiger charge is 2.26. The number of piperazine rings is 1. The van der Waals surface area contributed by atoms with Gasteiger partial charge in [0.2, 0.25) is 0 Å². The van der Waals surface area contributed by atoms with Crippen LogP contribution in [-0.2, 0) is 0 Å². The van der Waals surface area contributed by atoms with Gasteiger partial charge in [0.25, 0.3) is 5.91 Å². The summed E-state index contributed by atoms with van der Waals surface area (Å²) in [4.78, 5) is 23.7. The molecule has 2 N–H and O–H groups in total. The number of amides is 1. The van der Waals surface area contributed by atoms with Gasteiger partial charge in [-0.3, -0.25) is 9.78 Å². The van der Waals surface area contributed by atoms with E-state index in [0.29, 0.717) is 42.5 Å². The van der Waals surface area contributed by atoms with Crippen molar-refractivity contribution in [3.63, 3.8) is 0 Å². The van der Waals surface area contributed by atoms with Gasteiger partial charge >= 0.3 is 0 Å². The zero-order valence-corrected chi connectivity index (χ0v) is 19.0. The molecule has 0 radical (unpaired) electrons. The molecule has 0 bridgehead atoms. The number of fused-ring (bicyclic) bond motifs is 1. The summed E-state index contributed by atoms with van der Waals surface area (Å²) in [6, 6.07) is 12.8. The van der Waals surface area contributed by atoms with E-state index in [1.54, 1.807) is 23.2 Å². The largest absolute Gasteiger partial charge is 0.595 e. The first-order chi connectivity index (χ1) is 16.0. The quantitative estimate of drug-likeness (QED) is 0.574. The summed E-state index contributed by atoms with van der Waals surface area (Å²) >= 11 is 6.11. The topological polar surface area (TPSA) is 87.4 Å². The van der Waals surface area contributed by atoms with Gasteiger partial charge in [-0.2, -0.15) is 5.23 Å². The molecule has 0 aliphatic carbocycles. The molecule has 5 rings (SSSR count). The van der Waals surface area contributed by atoms with Crippen molar-refractivity contribution in [2.45, 2.75) is 12.8 Å². The number of benzene rings is 2. The molecule has 1 unspecified atom stereocenters. The Morgan fingerprint density at radius 3 is 2.39 bits per heavy atom. The normalized spacial score (nSPS) is 17.6. The number of carbonyl (C=O) groups is 1. The van der Waals surface area contributed by atoms with Crippen LogP contribution in [0.5, 0.6) is 0 Å². The molecule has 9 heteroatoms. The van der Waals surface area contributed by atoms with Crippen molar-refractivity contribution >= 4 is 45.5 Å². The Morgan fingerprint density at radius 2 is 1.67 bits per heavy atom. The number of nitrogens with one attached hydrogen (secondary N) is 1. The van der Waals surface area contributed by atoms with Crippen LogP contribution >= 0.6 is 11.6 Å². The molecule has 3 aromatic rings. The summed E-state index contributed by atoms with van der Waals surface area (Å²) in [6.07, 6.45) is 3.90. The molecule has 3 heterocycles. The predicted octanol–water partition coefficient (Wildman–Crippen LogP) is 2.85. The van der Waals surface area contributed by atoms with Crippen LogP contribution in [0.25, 0.3) is 10.9 Å². The number of pyridine rings is 1. The second-order valence-electron chi connectivity index (χ2n) is 8.50. The molecule has 0 spiro atoms. The lowest BCUT2D eigenvalue weighted by Gasteiger charge is -2.36. The van der Waals surface area contributed by atoms with Crippen LogP contribution in [0.3, 0.4) is 0 Å². The highest BCUT2D eigenvalue weighted by molar-refractivity contribution is 6.31. The van der Waals surface area contributed by atoms with Gasteiger partial charge in [-0.05, 0) is 49.2 Å². The maximum absolute atomic E-state index is 13.2. The third-order valence-electron chi connectivity index (χ3n) is 6.51. The molecule has 2 aliphatic rings. The minimum atomic E-state index is -0.999. The lowest BCUT2D eigenvalue weighted by molar-refractivity contribution is -0.990. The SMILES string of the molecule is O=C(c1ccc(N2CCCC2)c([NH+]([O-])O)c1)N1CCN(c2ccnc3cc(Cl)ccc23)CC1. The van der Waals surface area contributed by atoms with Gasteiger partial charge in [0.15, 0.2) is 5.69 Å². The van der Waals surface area contributed by atoms with E-state index >= 15 is 0 Å². The van der Waals surface area contributed by atoms with Gasteiger partial charge in [0.1, 0.15) is 5.69 Å². The van der Waals surface area contributed by atoms with E-state index in [4.69, 9.17) is 11.6 Å². The zero-order valence-electron chi connectivity index (χ0n) is 18.2. The fourth-order valence-corrected chi connectivity index (χ4v) is 4.96.